The van der Waals surface area contributed by atoms with Gasteiger partial charge in [0.25, 0.3) is 5.56 Å². The molecule has 0 fully saturated rings. The van der Waals surface area contributed by atoms with Gasteiger partial charge in [0.15, 0.2) is 0 Å². The normalized spacial score (nSPS) is 13.5. The quantitative estimate of drug-likeness (QED) is 0.564. The molecular formula is C15H11ClF3N2O2W-. The summed E-state index contributed by atoms with van der Waals surface area (Å²) in [7, 11) is 0. The van der Waals surface area contributed by atoms with E-state index in [2.05, 4.69) is 6.07 Å². The van der Waals surface area contributed by atoms with Crippen molar-refractivity contribution in [2.75, 3.05) is 0 Å². The van der Waals surface area contributed by atoms with Crippen LogP contribution < -0.4 is 11.2 Å². The van der Waals surface area contributed by atoms with E-state index in [1.807, 2.05) is 0 Å². The van der Waals surface area contributed by atoms with E-state index in [-0.39, 0.29) is 54.8 Å². The first-order chi connectivity index (χ1) is 10.9. The summed E-state index contributed by atoms with van der Waals surface area (Å²) < 4.78 is 41.4. The van der Waals surface area contributed by atoms with Gasteiger partial charge in [-0.3, -0.25) is 9.36 Å². The summed E-state index contributed by atoms with van der Waals surface area (Å²) >= 11 is 5.59. The molecule has 0 radical (unpaired) electrons. The van der Waals surface area contributed by atoms with Crippen molar-refractivity contribution in [1.29, 1.82) is 0 Å². The van der Waals surface area contributed by atoms with Gasteiger partial charge in [0.05, 0.1) is 0 Å². The summed E-state index contributed by atoms with van der Waals surface area (Å²) in [5.74, 6) is -0.954. The van der Waals surface area contributed by atoms with Gasteiger partial charge >= 0.3 is 12.2 Å². The van der Waals surface area contributed by atoms with E-state index in [1.54, 1.807) is 0 Å². The molecule has 1 aromatic heterocycles. The molecule has 0 saturated carbocycles. The molecule has 0 N–H and O–H groups in total. The molecule has 0 atom stereocenters. The molecule has 1 aliphatic carbocycles. The maximum atomic E-state index is 14.1. The van der Waals surface area contributed by atoms with E-state index in [9.17, 15) is 22.8 Å². The van der Waals surface area contributed by atoms with Gasteiger partial charge in [-0.2, -0.15) is 14.8 Å². The fraction of sp³-hybridized carbons (Fsp3) is 0.333. The van der Waals surface area contributed by atoms with E-state index in [0.717, 1.165) is 12.1 Å². The summed E-state index contributed by atoms with van der Waals surface area (Å²) in [6.07, 6.45) is 1.77. The van der Waals surface area contributed by atoms with E-state index >= 15 is 0 Å². The Morgan fingerprint density at radius 2 is 1.88 bits per heavy atom. The van der Waals surface area contributed by atoms with Gasteiger partial charge in [-0.15, -0.1) is 23.7 Å². The molecular weight excluding hydrogens is 516 g/mol. The number of aromatic nitrogens is 2. The first-order valence-corrected chi connectivity index (χ1v) is 7.34. The molecule has 24 heavy (non-hydrogen) atoms. The average Bonchev–Trinajstić information content (AvgIpc) is 2.49. The maximum Gasteiger partial charge on any atom is 0.329 e. The van der Waals surface area contributed by atoms with Gasteiger partial charge < -0.3 is 0 Å². The third kappa shape index (κ3) is 3.11. The number of rotatable bonds is 2. The minimum absolute atomic E-state index is 0. The van der Waals surface area contributed by atoms with Crippen molar-refractivity contribution < 1.29 is 34.2 Å². The molecule has 0 aliphatic heterocycles. The van der Waals surface area contributed by atoms with Gasteiger partial charge in [-0.05, 0) is 31.4 Å². The van der Waals surface area contributed by atoms with Gasteiger partial charge in [0, 0.05) is 38.1 Å². The SMILES string of the molecule is O=c1c2c(n(C(F)F)c(=O)n1-c1c[c-]c(Cl)cc1F)CCCC2.[W]. The zero-order chi connectivity index (χ0) is 16.7. The second-order valence-corrected chi connectivity index (χ2v) is 5.62. The van der Waals surface area contributed by atoms with Crippen molar-refractivity contribution in [3.63, 3.8) is 0 Å². The Morgan fingerprint density at radius 1 is 1.21 bits per heavy atom. The van der Waals surface area contributed by atoms with Crippen LogP contribution in [0.15, 0.2) is 21.7 Å². The van der Waals surface area contributed by atoms with Gasteiger partial charge in [-0.1, -0.05) is 5.02 Å². The maximum absolute atomic E-state index is 14.1. The smallest absolute Gasteiger partial charge is 0.281 e. The van der Waals surface area contributed by atoms with Crippen LogP contribution in [0.2, 0.25) is 5.02 Å². The Hall–Kier alpha value is -1.33. The van der Waals surface area contributed by atoms with Crippen LogP contribution in [0.1, 0.15) is 30.6 Å². The molecule has 1 heterocycles. The zero-order valence-corrected chi connectivity index (χ0v) is 15.9. The fourth-order valence-corrected chi connectivity index (χ4v) is 3.00. The van der Waals surface area contributed by atoms with Crippen LogP contribution in [-0.2, 0) is 33.9 Å². The van der Waals surface area contributed by atoms with Gasteiger partial charge in [-0.25, -0.2) is 13.8 Å². The average molecular weight is 528 g/mol. The van der Waals surface area contributed by atoms with Gasteiger partial charge in [0.1, 0.15) is 0 Å². The molecule has 2 aromatic rings. The predicted octanol–water partition coefficient (Wildman–Crippen LogP) is 2.86. The second kappa shape index (κ2) is 7.28. The van der Waals surface area contributed by atoms with Crippen molar-refractivity contribution in [1.82, 2.24) is 9.13 Å². The largest absolute Gasteiger partial charge is 0.329 e. The number of hydrogen-bond acceptors (Lipinski definition) is 2. The van der Waals surface area contributed by atoms with Crippen LogP contribution in [-0.4, -0.2) is 9.13 Å². The Kier molecular flexibility index (Phi) is 5.76. The zero-order valence-electron chi connectivity index (χ0n) is 12.2. The van der Waals surface area contributed by atoms with Crippen molar-refractivity contribution in [2.24, 2.45) is 0 Å². The summed E-state index contributed by atoms with van der Waals surface area (Å²) in [5, 5.41) is -0.0496. The van der Waals surface area contributed by atoms with Crippen LogP contribution in [0.3, 0.4) is 0 Å². The Morgan fingerprint density at radius 3 is 2.50 bits per heavy atom. The number of alkyl halides is 2. The van der Waals surface area contributed by atoms with Crippen molar-refractivity contribution in [3.8, 4) is 5.69 Å². The standard InChI is InChI=1S/C15H11ClF3N2O2.W/c16-8-5-6-12(10(17)7-8)20-13(22)9-3-1-2-4-11(9)21(14(18)19)15(20)23;/h6-7,14H,1-4H2;/q-1;. The van der Waals surface area contributed by atoms with Crippen LogP contribution in [0.4, 0.5) is 13.2 Å². The number of hydrogen-bond donors (Lipinski definition) is 0. The van der Waals surface area contributed by atoms with E-state index in [0.29, 0.717) is 17.4 Å². The molecule has 1 aliphatic rings. The summed E-state index contributed by atoms with van der Waals surface area (Å²) in [6, 6.07) is 4.33. The Labute approximate surface area is 154 Å². The molecule has 0 amide bonds. The Bertz CT molecular complexity index is 896. The molecule has 1 aromatic carbocycles. The minimum atomic E-state index is -3.11. The monoisotopic (exact) mass is 527 g/mol. The molecule has 0 spiro atoms. The summed E-state index contributed by atoms with van der Waals surface area (Å²) in [5.41, 5.74) is -2.30. The first kappa shape index (κ1) is 19.0. The molecule has 3 rings (SSSR count). The third-order valence-corrected chi connectivity index (χ3v) is 4.09. The molecule has 0 bridgehead atoms. The predicted molar refractivity (Wildman–Crippen MR) is 78.0 cm³/mol. The molecule has 9 heteroatoms. The van der Waals surface area contributed by atoms with Crippen molar-refractivity contribution in [3.05, 3.63) is 61.1 Å². The first-order valence-electron chi connectivity index (χ1n) is 6.96. The van der Waals surface area contributed by atoms with Crippen LogP contribution in [0.25, 0.3) is 5.69 Å². The number of benzene rings is 1. The van der Waals surface area contributed by atoms with Crippen molar-refractivity contribution >= 4 is 11.6 Å². The minimum Gasteiger partial charge on any atom is -0.281 e. The second-order valence-electron chi connectivity index (χ2n) is 5.22. The van der Waals surface area contributed by atoms with Crippen LogP contribution in [0, 0.1) is 11.9 Å². The molecule has 128 valence electrons. The molecule has 4 nitrogen and oxygen atoms in total. The van der Waals surface area contributed by atoms with Gasteiger partial charge in [0.2, 0.25) is 0 Å². The van der Waals surface area contributed by atoms with E-state index < -0.39 is 29.3 Å². The summed E-state index contributed by atoms with van der Waals surface area (Å²) in [6.45, 7) is -3.11. The van der Waals surface area contributed by atoms with E-state index in [1.165, 1.54) is 0 Å². The topological polar surface area (TPSA) is 44.0 Å². The third-order valence-electron chi connectivity index (χ3n) is 3.87. The van der Waals surface area contributed by atoms with E-state index in [4.69, 9.17) is 11.6 Å². The van der Waals surface area contributed by atoms with Crippen molar-refractivity contribution in [2.45, 2.75) is 32.2 Å². The number of fused-ring (bicyclic) bond motifs is 1. The van der Waals surface area contributed by atoms with Crippen LogP contribution >= 0.6 is 11.6 Å². The molecule has 0 unspecified atom stereocenters. The summed E-state index contributed by atoms with van der Waals surface area (Å²) in [4.78, 5) is 24.9. The number of nitrogens with zero attached hydrogens (tertiary/aromatic N) is 2. The van der Waals surface area contributed by atoms with Crippen LogP contribution in [0.5, 0.6) is 0 Å². The number of halogens is 4. The molecule has 0 saturated heterocycles. The Balaban J connectivity index is 0.00000208. The fourth-order valence-electron chi connectivity index (χ4n) is 2.85.